The molecule has 1 N–H and O–H groups in total. The monoisotopic (exact) mass is 548 g/mol. The van der Waals surface area contributed by atoms with Crippen molar-refractivity contribution in [3.05, 3.63) is 77.2 Å². The molecule has 13 heteroatoms. The first-order chi connectivity index (χ1) is 19.2. The van der Waals surface area contributed by atoms with Crippen molar-refractivity contribution >= 4 is 23.6 Å². The van der Waals surface area contributed by atoms with Gasteiger partial charge in [0.1, 0.15) is 41.9 Å². The third-order valence-corrected chi connectivity index (χ3v) is 6.63. The van der Waals surface area contributed by atoms with E-state index >= 15 is 0 Å². The SMILES string of the molecule is CNC(=O)OCc1nc(N(C)C(C)C)cc2c1CN(c1cccc(-c3nncn3-c3ccc(F)cc3F)n1)C2=O. The molecule has 0 saturated heterocycles. The van der Waals surface area contributed by atoms with Crippen molar-refractivity contribution in [1.82, 2.24) is 30.0 Å². The molecule has 0 unspecified atom stereocenters. The summed E-state index contributed by atoms with van der Waals surface area (Å²) in [5.74, 6) is -0.698. The van der Waals surface area contributed by atoms with Crippen LogP contribution in [0, 0.1) is 11.6 Å². The molecule has 0 aliphatic carbocycles. The highest BCUT2D eigenvalue weighted by Gasteiger charge is 2.34. The number of hydrogen-bond acceptors (Lipinski definition) is 8. The van der Waals surface area contributed by atoms with Crippen molar-refractivity contribution in [1.29, 1.82) is 0 Å². The van der Waals surface area contributed by atoms with E-state index in [9.17, 15) is 18.4 Å². The number of ether oxygens (including phenoxy) is 1. The van der Waals surface area contributed by atoms with Gasteiger partial charge in [0.25, 0.3) is 5.91 Å². The number of halogens is 2. The lowest BCUT2D eigenvalue weighted by atomic mass is 10.1. The molecule has 4 aromatic rings. The third-order valence-electron chi connectivity index (χ3n) is 6.63. The highest BCUT2D eigenvalue weighted by atomic mass is 19.1. The Labute approximate surface area is 228 Å². The normalized spacial score (nSPS) is 12.6. The number of pyridine rings is 2. The first-order valence-corrected chi connectivity index (χ1v) is 12.4. The number of hydrogen-bond donors (Lipinski definition) is 1. The molecule has 2 amide bonds. The minimum Gasteiger partial charge on any atom is -0.443 e. The Morgan fingerprint density at radius 2 is 1.98 bits per heavy atom. The molecule has 206 valence electrons. The molecular formula is C27H26F2N8O3. The zero-order valence-electron chi connectivity index (χ0n) is 22.2. The van der Waals surface area contributed by atoms with Gasteiger partial charge in [0.05, 0.1) is 23.5 Å². The smallest absolute Gasteiger partial charge is 0.407 e. The number of alkyl carbamates (subject to hydrolysis) is 1. The molecular weight excluding hydrogens is 522 g/mol. The molecule has 1 aliphatic rings. The van der Waals surface area contributed by atoms with Gasteiger partial charge >= 0.3 is 6.09 Å². The van der Waals surface area contributed by atoms with Crippen molar-refractivity contribution in [3.63, 3.8) is 0 Å². The van der Waals surface area contributed by atoms with Gasteiger partial charge in [0.15, 0.2) is 5.82 Å². The third kappa shape index (κ3) is 4.93. The molecule has 4 heterocycles. The number of aromatic nitrogens is 5. The number of benzene rings is 1. The van der Waals surface area contributed by atoms with Crippen LogP contribution in [0.2, 0.25) is 0 Å². The fourth-order valence-corrected chi connectivity index (χ4v) is 4.27. The molecule has 1 aromatic carbocycles. The largest absolute Gasteiger partial charge is 0.443 e. The van der Waals surface area contributed by atoms with Gasteiger partial charge in [-0.3, -0.25) is 14.3 Å². The van der Waals surface area contributed by atoms with E-state index in [-0.39, 0.29) is 36.6 Å². The summed E-state index contributed by atoms with van der Waals surface area (Å²) in [6.07, 6.45) is 0.684. The summed E-state index contributed by atoms with van der Waals surface area (Å²) in [6, 6.07) is 10.0. The van der Waals surface area contributed by atoms with Gasteiger partial charge in [-0.2, -0.15) is 0 Å². The second-order valence-corrected chi connectivity index (χ2v) is 9.38. The maximum Gasteiger partial charge on any atom is 0.407 e. The predicted molar refractivity (Wildman–Crippen MR) is 142 cm³/mol. The summed E-state index contributed by atoms with van der Waals surface area (Å²) < 4.78 is 34.6. The van der Waals surface area contributed by atoms with E-state index in [0.29, 0.717) is 34.2 Å². The second kappa shape index (κ2) is 10.7. The fraction of sp³-hybridized carbons (Fsp3) is 0.259. The lowest BCUT2D eigenvalue weighted by molar-refractivity contribution is 0.0996. The molecule has 0 atom stereocenters. The minimum atomic E-state index is -0.788. The first-order valence-electron chi connectivity index (χ1n) is 12.4. The van der Waals surface area contributed by atoms with Gasteiger partial charge in [-0.05, 0) is 44.2 Å². The number of anilines is 2. The molecule has 0 radical (unpaired) electrons. The van der Waals surface area contributed by atoms with Crippen molar-refractivity contribution in [3.8, 4) is 17.2 Å². The fourth-order valence-electron chi connectivity index (χ4n) is 4.27. The van der Waals surface area contributed by atoms with Crippen LogP contribution >= 0.6 is 0 Å². The van der Waals surface area contributed by atoms with E-state index in [1.807, 2.05) is 25.8 Å². The molecule has 1 aliphatic heterocycles. The van der Waals surface area contributed by atoms with Crippen LogP contribution in [0.4, 0.5) is 25.2 Å². The number of carbonyl (C=O) groups is 2. The number of carbonyl (C=O) groups excluding carboxylic acids is 2. The van der Waals surface area contributed by atoms with Gasteiger partial charge in [0.2, 0.25) is 0 Å². The van der Waals surface area contributed by atoms with E-state index in [0.717, 1.165) is 12.1 Å². The summed E-state index contributed by atoms with van der Waals surface area (Å²) >= 11 is 0. The maximum absolute atomic E-state index is 14.5. The summed E-state index contributed by atoms with van der Waals surface area (Å²) in [5.41, 5.74) is 1.88. The molecule has 0 bridgehead atoms. The van der Waals surface area contributed by atoms with Crippen molar-refractivity contribution in [2.75, 3.05) is 23.9 Å². The quantitative estimate of drug-likeness (QED) is 0.370. The summed E-state index contributed by atoms with van der Waals surface area (Å²) in [6.45, 7) is 4.02. The summed E-state index contributed by atoms with van der Waals surface area (Å²) in [4.78, 5) is 38.1. The maximum atomic E-state index is 14.5. The van der Waals surface area contributed by atoms with Crippen LogP contribution in [0.1, 0.15) is 35.5 Å². The van der Waals surface area contributed by atoms with Crippen LogP contribution in [0.5, 0.6) is 0 Å². The Kier molecular flexibility index (Phi) is 7.11. The lowest BCUT2D eigenvalue weighted by Crippen LogP contribution is -2.27. The number of fused-ring (bicyclic) bond motifs is 1. The van der Waals surface area contributed by atoms with Crippen LogP contribution in [-0.4, -0.2) is 56.9 Å². The second-order valence-electron chi connectivity index (χ2n) is 9.38. The number of rotatable bonds is 7. The molecule has 0 saturated carbocycles. The number of nitrogens with zero attached hydrogens (tertiary/aromatic N) is 7. The Morgan fingerprint density at radius 3 is 2.70 bits per heavy atom. The number of nitrogens with one attached hydrogen (secondary N) is 1. The van der Waals surface area contributed by atoms with Crippen LogP contribution in [0.25, 0.3) is 17.2 Å². The first kappa shape index (κ1) is 26.7. The van der Waals surface area contributed by atoms with Gasteiger partial charge in [-0.1, -0.05) is 6.07 Å². The molecule has 5 rings (SSSR count). The van der Waals surface area contributed by atoms with Crippen molar-refractivity contribution < 1.29 is 23.1 Å². The van der Waals surface area contributed by atoms with E-state index in [1.54, 1.807) is 24.3 Å². The molecule has 3 aromatic heterocycles. The Balaban J connectivity index is 1.51. The lowest BCUT2D eigenvalue weighted by Gasteiger charge is -2.23. The summed E-state index contributed by atoms with van der Waals surface area (Å²) in [5, 5.41) is 10.4. The molecule has 11 nitrogen and oxygen atoms in total. The van der Waals surface area contributed by atoms with Gasteiger partial charge in [-0.15, -0.1) is 10.2 Å². The number of amides is 2. The average molecular weight is 549 g/mol. The van der Waals surface area contributed by atoms with Gasteiger partial charge in [-0.25, -0.2) is 23.5 Å². The zero-order valence-corrected chi connectivity index (χ0v) is 22.2. The van der Waals surface area contributed by atoms with Crippen LogP contribution in [-0.2, 0) is 17.9 Å². The van der Waals surface area contributed by atoms with E-state index < -0.39 is 17.7 Å². The van der Waals surface area contributed by atoms with Crippen LogP contribution < -0.4 is 15.1 Å². The Hall–Kier alpha value is -4.94. The van der Waals surface area contributed by atoms with Crippen molar-refractivity contribution in [2.45, 2.75) is 33.0 Å². The Morgan fingerprint density at radius 1 is 1.18 bits per heavy atom. The van der Waals surface area contributed by atoms with E-state index in [2.05, 4.69) is 25.5 Å². The molecule has 0 spiro atoms. The Bertz CT molecular complexity index is 1610. The molecule has 0 fully saturated rings. The predicted octanol–water partition coefficient (Wildman–Crippen LogP) is 3.86. The van der Waals surface area contributed by atoms with Crippen molar-refractivity contribution in [2.24, 2.45) is 0 Å². The highest BCUT2D eigenvalue weighted by molar-refractivity contribution is 6.10. The zero-order chi connectivity index (χ0) is 28.6. The van der Waals surface area contributed by atoms with Crippen LogP contribution in [0.3, 0.4) is 0 Å². The minimum absolute atomic E-state index is 0.0480. The van der Waals surface area contributed by atoms with Crippen LogP contribution in [0.15, 0.2) is 48.8 Å². The van der Waals surface area contributed by atoms with E-state index in [4.69, 9.17) is 4.74 Å². The van der Waals surface area contributed by atoms with Gasteiger partial charge < -0.3 is 15.0 Å². The molecule has 40 heavy (non-hydrogen) atoms. The van der Waals surface area contributed by atoms with E-state index in [1.165, 1.54) is 28.9 Å². The average Bonchev–Trinajstić information content (AvgIpc) is 3.56. The topological polar surface area (TPSA) is 118 Å². The standard InChI is InChI=1S/C27H26F2N8O3/c1-15(2)35(4)24-11-17-18(21(33-24)13-40-27(39)30-3)12-36(26(17)38)23-7-5-6-20(32-23)25-34-31-14-37(25)22-9-8-16(28)10-19(22)29/h5-11,14-15H,12-13H2,1-4H3,(H,30,39). The summed E-state index contributed by atoms with van der Waals surface area (Å²) in [7, 11) is 3.32. The highest BCUT2D eigenvalue weighted by Crippen LogP contribution is 2.33. The van der Waals surface area contributed by atoms with Gasteiger partial charge in [0, 0.05) is 31.8 Å².